The average Bonchev–Trinajstić information content (AvgIpc) is 2.00. The highest BCUT2D eigenvalue weighted by atomic mass is 35.5. The van der Waals surface area contributed by atoms with Crippen LogP contribution in [-0.2, 0) is 9.53 Å². The zero-order valence-corrected chi connectivity index (χ0v) is 8.15. The molecule has 1 saturated heterocycles. The van der Waals surface area contributed by atoms with E-state index in [1.807, 2.05) is 0 Å². The van der Waals surface area contributed by atoms with Gasteiger partial charge in [0.15, 0.2) is 5.60 Å². The molecule has 1 amide bonds. The monoisotopic (exact) mass is 231 g/mol. The Balaban J connectivity index is 2.62. The summed E-state index contributed by atoms with van der Waals surface area (Å²) in [4.78, 5) is 11.9. The van der Waals surface area contributed by atoms with Gasteiger partial charge in [-0.25, -0.2) is 0 Å². The lowest BCUT2D eigenvalue weighted by Gasteiger charge is -2.49. The first kappa shape index (κ1) is 11.6. The summed E-state index contributed by atoms with van der Waals surface area (Å²) in [5, 5.41) is 0. The summed E-state index contributed by atoms with van der Waals surface area (Å²) >= 11 is 5.20. The van der Waals surface area contributed by atoms with Crippen LogP contribution >= 0.6 is 11.6 Å². The van der Waals surface area contributed by atoms with Crippen LogP contribution in [0.3, 0.4) is 0 Å². The minimum Gasteiger partial charge on any atom is -0.365 e. The topological polar surface area (TPSA) is 29.5 Å². The Morgan fingerprint density at radius 3 is 2.36 bits per heavy atom. The highest BCUT2D eigenvalue weighted by Crippen LogP contribution is 2.40. The maximum absolute atomic E-state index is 12.4. The summed E-state index contributed by atoms with van der Waals surface area (Å²) in [6.07, 6.45) is -4.45. The van der Waals surface area contributed by atoms with Crippen molar-refractivity contribution in [3.05, 3.63) is 0 Å². The first-order valence-electron chi connectivity index (χ1n) is 3.82. The number of rotatable bonds is 2. The molecular formula is C7H9ClF3NO2. The van der Waals surface area contributed by atoms with Crippen molar-refractivity contribution in [2.45, 2.75) is 11.8 Å². The fourth-order valence-electron chi connectivity index (χ4n) is 1.26. The van der Waals surface area contributed by atoms with Crippen LogP contribution in [-0.4, -0.2) is 48.7 Å². The summed E-state index contributed by atoms with van der Waals surface area (Å²) in [7, 11) is 0.982. The van der Waals surface area contributed by atoms with Crippen molar-refractivity contribution in [1.82, 2.24) is 4.90 Å². The Kier molecular flexibility index (Phi) is 2.96. The molecule has 0 N–H and O–H groups in total. The van der Waals surface area contributed by atoms with Crippen LogP contribution in [0.5, 0.6) is 0 Å². The van der Waals surface area contributed by atoms with E-state index in [2.05, 4.69) is 4.74 Å². The fraction of sp³-hybridized carbons (Fsp3) is 0.857. The van der Waals surface area contributed by atoms with Gasteiger partial charge in [-0.2, -0.15) is 13.2 Å². The van der Waals surface area contributed by atoms with E-state index in [4.69, 9.17) is 11.6 Å². The van der Waals surface area contributed by atoms with Gasteiger partial charge in [-0.1, -0.05) is 0 Å². The maximum Gasteiger partial charge on any atom is 0.420 e. The number of amides is 1. The Hall–Kier alpha value is -0.490. The van der Waals surface area contributed by atoms with Gasteiger partial charge in [0.25, 0.3) is 0 Å². The van der Waals surface area contributed by atoms with E-state index in [9.17, 15) is 18.0 Å². The number of alkyl halides is 4. The van der Waals surface area contributed by atoms with Crippen molar-refractivity contribution in [1.29, 1.82) is 0 Å². The minimum absolute atomic E-state index is 0.308. The third-order valence-electron chi connectivity index (χ3n) is 2.27. The molecule has 0 aromatic rings. The highest BCUT2D eigenvalue weighted by Gasteiger charge is 2.63. The molecule has 0 atom stereocenters. The van der Waals surface area contributed by atoms with Crippen LogP contribution in [0.2, 0.25) is 0 Å². The lowest BCUT2D eigenvalue weighted by atomic mass is 9.93. The second-order valence-corrected chi connectivity index (χ2v) is 3.35. The molecule has 1 fully saturated rings. The molecule has 1 heterocycles. The normalized spacial score (nSPS) is 20.5. The molecule has 82 valence electrons. The third kappa shape index (κ3) is 1.68. The molecule has 0 aromatic heterocycles. The van der Waals surface area contributed by atoms with E-state index < -0.39 is 30.8 Å². The second-order valence-electron chi connectivity index (χ2n) is 3.08. The number of likely N-dealkylation sites (tertiary alicyclic amines) is 1. The van der Waals surface area contributed by atoms with E-state index in [1.165, 1.54) is 0 Å². The van der Waals surface area contributed by atoms with E-state index in [-0.39, 0.29) is 5.88 Å². The number of carbonyl (C=O) groups excluding carboxylic acids is 1. The van der Waals surface area contributed by atoms with E-state index in [0.29, 0.717) is 0 Å². The molecule has 0 unspecified atom stereocenters. The molecule has 1 aliphatic heterocycles. The summed E-state index contributed by atoms with van der Waals surface area (Å²) in [5.74, 6) is -0.818. The molecule has 0 aliphatic carbocycles. The number of carbonyl (C=O) groups is 1. The Morgan fingerprint density at radius 1 is 1.57 bits per heavy atom. The Labute approximate surface area is 83.8 Å². The van der Waals surface area contributed by atoms with Gasteiger partial charge in [0.05, 0.1) is 13.1 Å². The zero-order chi connectivity index (χ0) is 11.0. The molecule has 1 rings (SSSR count). The fourth-order valence-corrected chi connectivity index (χ4v) is 1.42. The molecule has 14 heavy (non-hydrogen) atoms. The smallest absolute Gasteiger partial charge is 0.365 e. The van der Waals surface area contributed by atoms with Crippen LogP contribution < -0.4 is 0 Å². The zero-order valence-electron chi connectivity index (χ0n) is 7.40. The summed E-state index contributed by atoms with van der Waals surface area (Å²) < 4.78 is 41.6. The van der Waals surface area contributed by atoms with E-state index in [0.717, 1.165) is 12.0 Å². The van der Waals surface area contributed by atoms with Gasteiger partial charge in [-0.15, -0.1) is 11.6 Å². The number of hydrogen-bond donors (Lipinski definition) is 0. The highest BCUT2D eigenvalue weighted by molar-refractivity contribution is 6.27. The number of hydrogen-bond acceptors (Lipinski definition) is 2. The molecule has 3 nitrogen and oxygen atoms in total. The van der Waals surface area contributed by atoms with Crippen molar-refractivity contribution in [2.75, 3.05) is 26.1 Å². The largest absolute Gasteiger partial charge is 0.420 e. The first-order chi connectivity index (χ1) is 6.36. The van der Waals surface area contributed by atoms with Crippen molar-refractivity contribution in [3.8, 4) is 0 Å². The number of halogens is 4. The van der Waals surface area contributed by atoms with Gasteiger partial charge in [0, 0.05) is 7.11 Å². The Bertz CT molecular complexity index is 238. The maximum atomic E-state index is 12.4. The standard InChI is InChI=1S/C7H9ClF3NO2/c1-14-6(7(9,10)11)3-12(4-6)5(13)2-8/h2-4H2,1H3. The van der Waals surface area contributed by atoms with E-state index >= 15 is 0 Å². The first-order valence-corrected chi connectivity index (χ1v) is 4.35. The molecule has 7 heteroatoms. The molecule has 0 saturated carbocycles. The predicted molar refractivity (Wildman–Crippen MR) is 43.1 cm³/mol. The molecular weight excluding hydrogens is 223 g/mol. The average molecular weight is 232 g/mol. The third-order valence-corrected chi connectivity index (χ3v) is 2.50. The summed E-state index contributed by atoms with van der Waals surface area (Å²) in [6.45, 7) is -0.947. The molecule has 0 bridgehead atoms. The minimum atomic E-state index is -4.45. The lowest BCUT2D eigenvalue weighted by Crippen LogP contribution is -2.71. The van der Waals surface area contributed by atoms with Crippen molar-refractivity contribution >= 4 is 17.5 Å². The predicted octanol–water partition coefficient (Wildman–Crippen LogP) is 1.01. The molecule has 0 aromatic carbocycles. The molecule has 0 radical (unpaired) electrons. The van der Waals surface area contributed by atoms with E-state index in [1.54, 1.807) is 0 Å². The summed E-state index contributed by atoms with van der Waals surface area (Å²) in [5.41, 5.74) is -2.20. The van der Waals surface area contributed by atoms with Gasteiger partial charge in [-0.3, -0.25) is 4.79 Å². The van der Waals surface area contributed by atoms with Crippen molar-refractivity contribution in [3.63, 3.8) is 0 Å². The SMILES string of the molecule is COC1(C(F)(F)F)CN(C(=O)CCl)C1. The van der Waals surface area contributed by atoms with Gasteiger partial charge in [0.2, 0.25) is 5.91 Å². The van der Waals surface area contributed by atoms with Gasteiger partial charge in [0.1, 0.15) is 5.88 Å². The van der Waals surface area contributed by atoms with Crippen molar-refractivity contribution < 1.29 is 22.7 Å². The number of nitrogens with zero attached hydrogens (tertiary/aromatic N) is 1. The van der Waals surface area contributed by atoms with Gasteiger partial charge >= 0.3 is 6.18 Å². The van der Waals surface area contributed by atoms with Crippen LogP contribution in [0.1, 0.15) is 0 Å². The quantitative estimate of drug-likeness (QED) is 0.664. The van der Waals surface area contributed by atoms with Gasteiger partial charge in [-0.05, 0) is 0 Å². The number of ether oxygens (including phenoxy) is 1. The molecule has 1 aliphatic rings. The van der Waals surface area contributed by atoms with Crippen LogP contribution in [0.4, 0.5) is 13.2 Å². The summed E-state index contributed by atoms with van der Waals surface area (Å²) in [6, 6.07) is 0. The Morgan fingerprint density at radius 2 is 2.07 bits per heavy atom. The second kappa shape index (κ2) is 3.58. The van der Waals surface area contributed by atoms with Crippen LogP contribution in [0.15, 0.2) is 0 Å². The van der Waals surface area contributed by atoms with Crippen LogP contribution in [0.25, 0.3) is 0 Å². The van der Waals surface area contributed by atoms with Crippen LogP contribution in [0, 0.1) is 0 Å². The lowest BCUT2D eigenvalue weighted by molar-refractivity contribution is -0.306. The molecule has 0 spiro atoms. The van der Waals surface area contributed by atoms with Gasteiger partial charge < -0.3 is 9.64 Å². The van der Waals surface area contributed by atoms with Crippen molar-refractivity contribution in [2.24, 2.45) is 0 Å². The number of methoxy groups -OCH3 is 1.